The van der Waals surface area contributed by atoms with Crippen LogP contribution >= 0.6 is 11.6 Å². The van der Waals surface area contributed by atoms with E-state index in [0.717, 1.165) is 12.0 Å². The maximum absolute atomic E-state index is 13.0. The Labute approximate surface area is 154 Å². The van der Waals surface area contributed by atoms with Crippen molar-refractivity contribution in [1.82, 2.24) is 10.2 Å². The third kappa shape index (κ3) is 5.70. The van der Waals surface area contributed by atoms with E-state index in [1.54, 1.807) is 12.1 Å². The number of carboxylic acids is 1. The van der Waals surface area contributed by atoms with Crippen LogP contribution in [0.3, 0.4) is 0 Å². The van der Waals surface area contributed by atoms with Crippen LogP contribution in [0.4, 0.5) is 0 Å². The van der Waals surface area contributed by atoms with Gasteiger partial charge in [-0.2, -0.15) is 0 Å². The molecule has 0 spiro atoms. The van der Waals surface area contributed by atoms with Crippen LogP contribution in [0.15, 0.2) is 24.3 Å². The average Bonchev–Trinajstić information content (AvgIpc) is 3.10. The lowest BCUT2D eigenvalue weighted by atomic mass is 10.1. The smallest absolute Gasteiger partial charge is 0.326 e. The number of halogens is 1. The molecule has 1 amide bonds. The molecule has 1 aliphatic rings. The fraction of sp³-hybridized carbons (Fsp3) is 0.556. The van der Waals surface area contributed by atoms with Crippen molar-refractivity contribution < 1.29 is 16.1 Å². The summed E-state index contributed by atoms with van der Waals surface area (Å²) in [6.45, 7) is 1.22. The van der Waals surface area contributed by atoms with Crippen LogP contribution in [-0.4, -0.2) is 47.1 Å². The molecule has 25 heavy (non-hydrogen) atoms. The SMILES string of the molecule is [2H]N(Cc1ccc(Cl)cc1)[C@@H](CCCCN)C(=O)N1CCC[C@H]1C(=O)O. The lowest BCUT2D eigenvalue weighted by Crippen LogP contribution is -2.50. The van der Waals surface area contributed by atoms with Gasteiger partial charge in [-0.15, -0.1) is 0 Å². The van der Waals surface area contributed by atoms with E-state index in [4.69, 9.17) is 18.7 Å². The van der Waals surface area contributed by atoms with Gasteiger partial charge in [-0.25, -0.2) is 4.79 Å². The molecule has 0 aliphatic carbocycles. The first kappa shape index (κ1) is 18.2. The molecular weight excluding hydrogens is 342 g/mol. The number of amides is 1. The van der Waals surface area contributed by atoms with Crippen LogP contribution in [0.5, 0.6) is 0 Å². The summed E-state index contributed by atoms with van der Waals surface area (Å²) in [6.07, 6.45) is 3.10. The Morgan fingerprint density at radius 2 is 2.12 bits per heavy atom. The Morgan fingerprint density at radius 3 is 2.76 bits per heavy atom. The minimum absolute atomic E-state index is 0.266. The van der Waals surface area contributed by atoms with Crippen molar-refractivity contribution in [2.75, 3.05) is 13.1 Å². The van der Waals surface area contributed by atoms with E-state index in [1.807, 2.05) is 12.1 Å². The van der Waals surface area contributed by atoms with Gasteiger partial charge in [-0.1, -0.05) is 30.2 Å². The fourth-order valence-corrected chi connectivity index (χ4v) is 3.18. The second kappa shape index (κ2) is 9.75. The Kier molecular flexibility index (Phi) is 7.09. The predicted octanol–water partition coefficient (Wildman–Crippen LogP) is 2.00. The summed E-state index contributed by atoms with van der Waals surface area (Å²) >= 11 is 5.89. The third-order valence-corrected chi connectivity index (χ3v) is 4.70. The number of carboxylic acid groups (broad SMARTS) is 1. The highest BCUT2D eigenvalue weighted by Gasteiger charge is 2.36. The first-order valence-electron chi connectivity index (χ1n) is 9.12. The molecule has 0 aromatic heterocycles. The molecule has 1 saturated heterocycles. The van der Waals surface area contributed by atoms with Crippen molar-refractivity contribution >= 4 is 23.5 Å². The zero-order chi connectivity index (χ0) is 19.1. The summed E-state index contributed by atoms with van der Waals surface area (Å²) in [4.78, 5) is 25.8. The molecule has 0 unspecified atom stereocenters. The lowest BCUT2D eigenvalue weighted by molar-refractivity contribution is -0.149. The molecule has 7 heteroatoms. The molecule has 4 N–H and O–H groups in total. The van der Waals surface area contributed by atoms with E-state index in [-0.39, 0.29) is 12.5 Å². The van der Waals surface area contributed by atoms with Crippen molar-refractivity contribution in [3.63, 3.8) is 0 Å². The van der Waals surface area contributed by atoms with Gasteiger partial charge < -0.3 is 21.0 Å². The summed E-state index contributed by atoms with van der Waals surface area (Å²) in [5.41, 5.74) is 6.41. The third-order valence-electron chi connectivity index (χ3n) is 4.45. The van der Waals surface area contributed by atoms with Crippen LogP contribution in [0.2, 0.25) is 6.43 Å². The van der Waals surface area contributed by atoms with Crippen LogP contribution in [0, 0.1) is 0 Å². The van der Waals surface area contributed by atoms with Crippen LogP contribution < -0.4 is 11.0 Å². The molecule has 0 radical (unpaired) electrons. The number of likely N-dealkylation sites (tertiary alicyclic amines) is 1. The number of rotatable bonds is 9. The fourth-order valence-electron chi connectivity index (χ4n) is 3.06. The van der Waals surface area contributed by atoms with E-state index in [1.165, 1.54) is 10.2 Å². The number of hydrogen-bond acceptors (Lipinski definition) is 4. The molecule has 1 heterocycles. The number of carbonyl (C=O) groups is 2. The maximum Gasteiger partial charge on any atom is 0.326 e. The van der Waals surface area contributed by atoms with Crippen molar-refractivity contribution in [3.8, 4) is 0 Å². The van der Waals surface area contributed by atoms with Gasteiger partial charge >= 0.3 is 5.97 Å². The topological polar surface area (TPSA) is 95.7 Å². The molecule has 1 aromatic rings. The number of unbranched alkanes of at least 4 members (excludes halogenated alkanes) is 1. The monoisotopic (exact) mass is 368 g/mol. The predicted molar refractivity (Wildman–Crippen MR) is 97.4 cm³/mol. The summed E-state index contributed by atoms with van der Waals surface area (Å²) < 4.78 is 8.40. The van der Waals surface area contributed by atoms with E-state index in [9.17, 15) is 14.7 Å². The van der Waals surface area contributed by atoms with Gasteiger partial charge in [0.15, 0.2) is 0 Å². The highest BCUT2D eigenvalue weighted by molar-refractivity contribution is 6.30. The molecule has 0 saturated carbocycles. The molecule has 0 bridgehead atoms. The molecule has 6 nitrogen and oxygen atoms in total. The van der Waals surface area contributed by atoms with Gasteiger partial charge in [0.2, 0.25) is 5.91 Å². The van der Waals surface area contributed by atoms with Crippen LogP contribution in [0.25, 0.3) is 0 Å². The summed E-state index contributed by atoms with van der Waals surface area (Å²) in [7, 11) is 0. The standard InChI is InChI=1S/C18H26ClN3O3/c19-14-8-6-13(7-9-14)12-21-15(4-1-2-10-20)17(23)22-11-3-5-16(22)18(24)25/h6-9,15-16,21H,1-5,10-12,20H2,(H,24,25)/t15-,16-/m0/s1/i/hD. The van der Waals surface area contributed by atoms with E-state index < -0.39 is 18.1 Å². The molecule has 2 atom stereocenters. The number of nitrogens with two attached hydrogens (primary N) is 1. The normalized spacial score (nSPS) is 19.1. The summed E-state index contributed by atoms with van der Waals surface area (Å²) in [5, 5.41) is 11.2. The molecule has 138 valence electrons. The van der Waals surface area contributed by atoms with Crippen molar-refractivity contribution in [2.24, 2.45) is 5.73 Å². The second-order valence-corrected chi connectivity index (χ2v) is 6.73. The first-order chi connectivity index (χ1) is 12.4. The highest BCUT2D eigenvalue weighted by atomic mass is 35.5. The minimum Gasteiger partial charge on any atom is -0.480 e. The van der Waals surface area contributed by atoms with Gasteiger partial charge in [0, 0.05) is 18.1 Å². The zero-order valence-electron chi connectivity index (χ0n) is 15.2. The average molecular weight is 369 g/mol. The Bertz CT molecular complexity index is 614. The van der Waals surface area contributed by atoms with Crippen molar-refractivity contribution in [3.05, 3.63) is 34.9 Å². The largest absolute Gasteiger partial charge is 0.480 e. The zero-order valence-corrected chi connectivity index (χ0v) is 15.0. The number of nitrogens with one attached hydrogen (secondary N) is 1. The molecule has 1 fully saturated rings. The van der Waals surface area contributed by atoms with Crippen molar-refractivity contribution in [2.45, 2.75) is 50.7 Å². The number of hydrogen-bond donors (Lipinski definition) is 3. The number of benzene rings is 1. The van der Waals surface area contributed by atoms with E-state index >= 15 is 0 Å². The quantitative estimate of drug-likeness (QED) is 0.579. The van der Waals surface area contributed by atoms with Crippen molar-refractivity contribution in [1.29, 1.82) is 0 Å². The second-order valence-electron chi connectivity index (χ2n) is 6.30. The van der Waals surface area contributed by atoms with E-state index in [2.05, 4.69) is 0 Å². The molecule has 1 aliphatic heterocycles. The van der Waals surface area contributed by atoms with Gasteiger partial charge in [-0.05, 0) is 49.9 Å². The van der Waals surface area contributed by atoms with Gasteiger partial charge in [0.05, 0.1) is 6.04 Å². The number of aliphatic carboxylic acids is 1. The number of nitrogens with zero attached hydrogens (tertiary/aromatic N) is 1. The summed E-state index contributed by atoms with van der Waals surface area (Å²) in [5.74, 6) is -1.26. The first-order valence-corrected chi connectivity index (χ1v) is 9.05. The summed E-state index contributed by atoms with van der Waals surface area (Å²) in [6, 6.07) is 5.66. The van der Waals surface area contributed by atoms with Gasteiger partial charge in [-0.3, -0.25) is 4.79 Å². The lowest BCUT2D eigenvalue weighted by Gasteiger charge is -2.27. The highest BCUT2D eigenvalue weighted by Crippen LogP contribution is 2.20. The van der Waals surface area contributed by atoms with Gasteiger partial charge in [0.1, 0.15) is 7.45 Å². The number of carbonyl (C=O) groups excluding carboxylic acids is 1. The Balaban J connectivity index is 2.11. The molecule has 1 aromatic carbocycles. The molecule has 2 rings (SSSR count). The Hall–Kier alpha value is -1.63. The maximum atomic E-state index is 13.0. The Morgan fingerprint density at radius 1 is 1.40 bits per heavy atom. The van der Waals surface area contributed by atoms with Crippen LogP contribution in [-0.2, 0) is 16.1 Å². The molecular formula is C18H26ClN3O3. The van der Waals surface area contributed by atoms with Crippen LogP contribution in [0.1, 0.15) is 37.7 Å². The van der Waals surface area contributed by atoms with Gasteiger partial charge in [0.25, 0.3) is 0 Å². The minimum atomic E-state index is -0.981. The van der Waals surface area contributed by atoms with E-state index in [0.29, 0.717) is 43.8 Å².